The number of nitro benzene ring substituents is 2. The minimum absolute atomic E-state index is 0.123. The van der Waals surface area contributed by atoms with E-state index in [0.717, 1.165) is 11.8 Å². The van der Waals surface area contributed by atoms with E-state index in [0.29, 0.717) is 11.4 Å². The summed E-state index contributed by atoms with van der Waals surface area (Å²) >= 11 is 1.11. The molecule has 31 heavy (non-hydrogen) atoms. The number of carbonyl (C=O) groups is 2. The van der Waals surface area contributed by atoms with Crippen molar-refractivity contribution in [1.82, 2.24) is 0 Å². The van der Waals surface area contributed by atoms with Crippen LogP contribution in [0.4, 0.5) is 22.7 Å². The number of hydrogen-bond acceptors (Lipinski definition) is 9. The van der Waals surface area contributed by atoms with E-state index in [2.05, 4.69) is 15.5 Å². The standard InChI is InChI=1S/C18H12N6O6S/c1-9-17(26)22(10-2-4-11(5-3-10)23(27)28)18(31-9)21-20-15-13-8-12(24(29)30)6-7-14(13)19-16(15)25/h2-9H,1H3,(H,19,20,25)/b21-18+. The first-order chi connectivity index (χ1) is 14.8. The number of nitro groups is 2. The van der Waals surface area contributed by atoms with E-state index >= 15 is 0 Å². The highest BCUT2D eigenvalue weighted by Crippen LogP contribution is 2.33. The molecule has 1 atom stereocenters. The lowest BCUT2D eigenvalue weighted by Crippen LogP contribution is -2.31. The van der Waals surface area contributed by atoms with Crippen molar-refractivity contribution < 1.29 is 19.4 Å². The molecule has 1 N–H and O–H groups in total. The Balaban J connectivity index is 1.72. The number of carbonyl (C=O) groups excluding carboxylic acids is 2. The summed E-state index contributed by atoms with van der Waals surface area (Å²) in [6, 6.07) is 9.24. The van der Waals surface area contributed by atoms with Crippen molar-refractivity contribution in [3.05, 3.63) is 68.3 Å². The monoisotopic (exact) mass is 440 g/mol. The van der Waals surface area contributed by atoms with Gasteiger partial charge in [-0.25, -0.2) is 0 Å². The predicted octanol–water partition coefficient (Wildman–Crippen LogP) is 2.68. The molecule has 2 aromatic rings. The molecule has 0 aromatic heterocycles. The van der Waals surface area contributed by atoms with Crippen molar-refractivity contribution in [3.8, 4) is 0 Å². The summed E-state index contributed by atoms with van der Waals surface area (Å²) in [6.07, 6.45) is 0. The second-order valence-electron chi connectivity index (χ2n) is 6.48. The van der Waals surface area contributed by atoms with Gasteiger partial charge in [0.05, 0.1) is 26.5 Å². The van der Waals surface area contributed by atoms with Crippen LogP contribution in [0.5, 0.6) is 0 Å². The second kappa shape index (κ2) is 7.60. The first kappa shape index (κ1) is 20.2. The third-order valence-corrected chi connectivity index (χ3v) is 5.56. The third-order valence-electron chi connectivity index (χ3n) is 4.53. The van der Waals surface area contributed by atoms with Gasteiger partial charge in [0.25, 0.3) is 17.3 Å². The van der Waals surface area contributed by atoms with Gasteiger partial charge in [-0.05, 0) is 25.1 Å². The summed E-state index contributed by atoms with van der Waals surface area (Å²) < 4.78 is 0. The Kier molecular flexibility index (Phi) is 4.94. The molecule has 0 aliphatic carbocycles. The molecule has 0 saturated carbocycles. The fraction of sp³-hybridized carbons (Fsp3) is 0.111. The summed E-state index contributed by atoms with van der Waals surface area (Å²) in [4.78, 5) is 46.9. The number of nitrogens with one attached hydrogen (secondary N) is 1. The van der Waals surface area contributed by atoms with Gasteiger partial charge in [-0.2, -0.15) is 0 Å². The maximum absolute atomic E-state index is 12.6. The van der Waals surface area contributed by atoms with E-state index < -0.39 is 21.0 Å². The molecule has 1 unspecified atom stereocenters. The van der Waals surface area contributed by atoms with Crippen molar-refractivity contribution in [2.24, 2.45) is 10.2 Å². The SMILES string of the molecule is CC1S/C(=N/N=C2C(=O)Nc3ccc([N+](=O)[O-])cc32)N(c2ccc([N+](=O)[O-])cc2)C1=O. The van der Waals surface area contributed by atoms with E-state index in [1.165, 1.54) is 47.4 Å². The van der Waals surface area contributed by atoms with E-state index in [4.69, 9.17) is 0 Å². The maximum atomic E-state index is 12.6. The largest absolute Gasteiger partial charge is 0.320 e. The number of thioether (sulfide) groups is 1. The van der Waals surface area contributed by atoms with Crippen molar-refractivity contribution in [3.63, 3.8) is 0 Å². The van der Waals surface area contributed by atoms with Crippen molar-refractivity contribution in [1.29, 1.82) is 0 Å². The minimum atomic E-state index is -0.587. The lowest BCUT2D eigenvalue weighted by Gasteiger charge is -2.15. The Hall–Kier alpha value is -4.13. The molecule has 13 heteroatoms. The van der Waals surface area contributed by atoms with Crippen LogP contribution >= 0.6 is 11.8 Å². The van der Waals surface area contributed by atoms with Crippen LogP contribution in [-0.2, 0) is 9.59 Å². The van der Waals surface area contributed by atoms with Crippen LogP contribution in [0.25, 0.3) is 0 Å². The van der Waals surface area contributed by atoms with Gasteiger partial charge in [0, 0.05) is 29.8 Å². The number of benzene rings is 2. The average Bonchev–Trinajstić information content (AvgIpc) is 3.20. The van der Waals surface area contributed by atoms with Crippen molar-refractivity contribution in [2.75, 3.05) is 10.2 Å². The highest BCUT2D eigenvalue weighted by Gasteiger charge is 2.37. The zero-order valence-electron chi connectivity index (χ0n) is 15.7. The van der Waals surface area contributed by atoms with Gasteiger partial charge in [-0.1, -0.05) is 11.8 Å². The molecule has 156 valence electrons. The lowest BCUT2D eigenvalue weighted by molar-refractivity contribution is -0.385. The van der Waals surface area contributed by atoms with Crippen molar-refractivity contribution >= 4 is 57.2 Å². The molecule has 2 amide bonds. The summed E-state index contributed by atoms with van der Waals surface area (Å²) in [5.74, 6) is -0.881. The number of fused-ring (bicyclic) bond motifs is 1. The highest BCUT2D eigenvalue weighted by molar-refractivity contribution is 8.16. The topological polar surface area (TPSA) is 160 Å². The Morgan fingerprint density at radius 1 is 1.00 bits per heavy atom. The maximum Gasteiger partial charge on any atom is 0.276 e. The third kappa shape index (κ3) is 3.61. The zero-order chi connectivity index (χ0) is 22.3. The fourth-order valence-corrected chi connectivity index (χ4v) is 3.92. The molecule has 2 aliphatic rings. The van der Waals surface area contributed by atoms with Crippen LogP contribution in [-0.4, -0.2) is 37.8 Å². The second-order valence-corrected chi connectivity index (χ2v) is 7.79. The molecular formula is C18H12N6O6S. The van der Waals surface area contributed by atoms with Crippen LogP contribution < -0.4 is 10.2 Å². The van der Waals surface area contributed by atoms with Gasteiger partial charge >= 0.3 is 0 Å². The molecule has 2 aliphatic heterocycles. The Labute approximate surface area is 177 Å². The molecule has 2 heterocycles. The Bertz CT molecular complexity index is 1210. The number of rotatable bonds is 4. The first-order valence-electron chi connectivity index (χ1n) is 8.77. The number of non-ortho nitro benzene ring substituents is 2. The molecule has 12 nitrogen and oxygen atoms in total. The zero-order valence-corrected chi connectivity index (χ0v) is 16.5. The molecular weight excluding hydrogens is 428 g/mol. The summed E-state index contributed by atoms with van der Waals surface area (Å²) in [6.45, 7) is 1.67. The van der Waals surface area contributed by atoms with E-state index in [-0.39, 0.29) is 33.7 Å². The predicted molar refractivity (Wildman–Crippen MR) is 113 cm³/mol. The molecule has 0 bridgehead atoms. The number of nitrogens with zero attached hydrogens (tertiary/aromatic N) is 5. The van der Waals surface area contributed by atoms with Crippen LogP contribution in [0.2, 0.25) is 0 Å². The van der Waals surface area contributed by atoms with Gasteiger partial charge in [-0.3, -0.25) is 34.7 Å². The molecule has 0 radical (unpaired) electrons. The first-order valence-corrected chi connectivity index (χ1v) is 9.65. The van der Waals surface area contributed by atoms with E-state index in [1.807, 2.05) is 0 Å². The van der Waals surface area contributed by atoms with Gasteiger partial charge in [0.1, 0.15) is 0 Å². The number of hydrogen-bond donors (Lipinski definition) is 1. The summed E-state index contributed by atoms with van der Waals surface area (Å²) in [5.41, 5.74) is 0.497. The lowest BCUT2D eigenvalue weighted by atomic mass is 10.1. The molecule has 0 spiro atoms. The quantitative estimate of drug-likeness (QED) is 0.565. The minimum Gasteiger partial charge on any atom is -0.320 e. The van der Waals surface area contributed by atoms with Crippen molar-refractivity contribution in [2.45, 2.75) is 12.2 Å². The molecule has 2 aromatic carbocycles. The van der Waals surface area contributed by atoms with E-state index in [1.54, 1.807) is 6.92 Å². The summed E-state index contributed by atoms with van der Waals surface area (Å²) in [7, 11) is 0. The number of amides is 2. The summed E-state index contributed by atoms with van der Waals surface area (Å²) in [5, 5.41) is 32.2. The fourth-order valence-electron chi connectivity index (χ4n) is 3.01. The smallest absolute Gasteiger partial charge is 0.276 e. The van der Waals surface area contributed by atoms with Crippen LogP contribution in [0.3, 0.4) is 0 Å². The van der Waals surface area contributed by atoms with Gasteiger partial charge in [-0.15, -0.1) is 10.2 Å². The normalized spacial score (nSPS) is 20.3. The number of amidine groups is 1. The van der Waals surface area contributed by atoms with Crippen LogP contribution in [0, 0.1) is 20.2 Å². The van der Waals surface area contributed by atoms with E-state index in [9.17, 15) is 29.8 Å². The van der Waals surface area contributed by atoms with Crippen LogP contribution in [0.1, 0.15) is 12.5 Å². The molecule has 4 rings (SSSR count). The molecule has 1 saturated heterocycles. The average molecular weight is 440 g/mol. The van der Waals surface area contributed by atoms with Gasteiger partial charge in [0.15, 0.2) is 10.9 Å². The Morgan fingerprint density at radius 3 is 2.29 bits per heavy atom. The van der Waals surface area contributed by atoms with Crippen LogP contribution in [0.15, 0.2) is 52.7 Å². The van der Waals surface area contributed by atoms with Gasteiger partial charge < -0.3 is 5.32 Å². The molecule has 1 fully saturated rings. The number of anilines is 2. The van der Waals surface area contributed by atoms with Gasteiger partial charge in [0.2, 0.25) is 5.91 Å². The Morgan fingerprint density at radius 2 is 1.65 bits per heavy atom. The highest BCUT2D eigenvalue weighted by atomic mass is 32.2.